The molecule has 0 aliphatic carbocycles. The van der Waals surface area contributed by atoms with Crippen LogP contribution >= 0.6 is 11.6 Å². The Morgan fingerprint density at radius 2 is 1.88 bits per heavy atom. The Bertz CT molecular complexity index is 1250. The minimum atomic E-state index is -3.97. The lowest BCUT2D eigenvalue weighted by Crippen LogP contribution is -2.35. The van der Waals surface area contributed by atoms with Gasteiger partial charge in [0.2, 0.25) is 0 Å². The molecule has 32 heavy (non-hydrogen) atoms. The van der Waals surface area contributed by atoms with Crippen LogP contribution in [0.2, 0.25) is 5.02 Å². The Hall–Kier alpha value is -2.71. The number of carbonyl (C=O) groups excluding carboxylic acids is 2. The number of Topliss-reactive ketones (excluding diaryl/α,β-unsaturated/α-hetero) is 1. The van der Waals surface area contributed by atoms with Gasteiger partial charge in [-0.1, -0.05) is 30.2 Å². The van der Waals surface area contributed by atoms with E-state index >= 15 is 0 Å². The van der Waals surface area contributed by atoms with Gasteiger partial charge in [-0.2, -0.15) is 8.42 Å². The van der Waals surface area contributed by atoms with E-state index in [1.54, 1.807) is 12.1 Å². The second-order valence-electron chi connectivity index (χ2n) is 8.04. The van der Waals surface area contributed by atoms with Crippen LogP contribution in [0.3, 0.4) is 0 Å². The number of carbonyl (C=O) groups is 2. The van der Waals surface area contributed by atoms with Crippen LogP contribution in [0.5, 0.6) is 0 Å². The first-order valence-electron chi connectivity index (χ1n) is 10.4. The van der Waals surface area contributed by atoms with Gasteiger partial charge < -0.3 is 9.64 Å². The van der Waals surface area contributed by atoms with Crippen molar-refractivity contribution in [2.75, 3.05) is 18.1 Å². The first kappa shape index (κ1) is 22.5. The summed E-state index contributed by atoms with van der Waals surface area (Å²) < 4.78 is 34.7. The minimum absolute atomic E-state index is 0.0630. The first-order chi connectivity index (χ1) is 15.2. The number of sulfonamides is 1. The molecular weight excluding hydrogens is 452 g/mol. The summed E-state index contributed by atoms with van der Waals surface area (Å²) in [7, 11) is -3.97. The Labute approximate surface area is 192 Å². The average molecular weight is 475 g/mol. The van der Waals surface area contributed by atoms with Gasteiger partial charge in [0.25, 0.3) is 10.0 Å². The zero-order valence-corrected chi connectivity index (χ0v) is 19.4. The van der Waals surface area contributed by atoms with Gasteiger partial charge in [-0.15, -0.1) is 4.40 Å². The Kier molecular flexibility index (Phi) is 6.09. The molecule has 0 N–H and O–H groups in total. The van der Waals surface area contributed by atoms with Crippen molar-refractivity contribution in [3.8, 4) is 0 Å². The van der Waals surface area contributed by atoms with E-state index in [1.165, 1.54) is 12.1 Å². The third-order valence-corrected chi connectivity index (χ3v) is 7.47. The number of rotatable bonds is 4. The summed E-state index contributed by atoms with van der Waals surface area (Å²) in [6.07, 6.45) is 3.33. The molecule has 2 aliphatic rings. The van der Waals surface area contributed by atoms with Crippen molar-refractivity contribution in [2.45, 2.75) is 44.4 Å². The van der Waals surface area contributed by atoms with Crippen molar-refractivity contribution >= 4 is 44.9 Å². The number of amidine groups is 1. The second kappa shape index (κ2) is 8.67. The van der Waals surface area contributed by atoms with E-state index < -0.39 is 22.6 Å². The number of esters is 1. The summed E-state index contributed by atoms with van der Waals surface area (Å²) in [5.41, 5.74) is 2.75. The van der Waals surface area contributed by atoms with Crippen molar-refractivity contribution in [1.29, 1.82) is 0 Å². The number of hydrogen-bond acceptors (Lipinski definition) is 6. The highest BCUT2D eigenvalue weighted by Crippen LogP contribution is 2.38. The van der Waals surface area contributed by atoms with Gasteiger partial charge in [-0.05, 0) is 56.0 Å². The molecule has 0 spiro atoms. The number of nitrogens with zero attached hydrogens (tertiary/aromatic N) is 2. The number of hydrogen-bond donors (Lipinski definition) is 0. The molecular formula is C23H23ClN2O5S. The lowest BCUT2D eigenvalue weighted by atomic mass is 10.0. The van der Waals surface area contributed by atoms with Crippen LogP contribution in [0.4, 0.5) is 5.69 Å². The maximum absolute atomic E-state index is 12.8. The van der Waals surface area contributed by atoms with Crippen molar-refractivity contribution in [1.82, 2.24) is 0 Å². The smallest absolute Gasteiger partial charge is 0.340 e. The van der Waals surface area contributed by atoms with Crippen LogP contribution in [0.25, 0.3) is 0 Å². The Morgan fingerprint density at radius 1 is 1.09 bits per heavy atom. The Balaban J connectivity index is 1.58. The fraction of sp³-hybridized carbons (Fsp3) is 0.348. The molecule has 0 aromatic heterocycles. The van der Waals surface area contributed by atoms with Gasteiger partial charge in [0.1, 0.15) is 10.7 Å². The van der Waals surface area contributed by atoms with Gasteiger partial charge in [0.15, 0.2) is 12.4 Å². The highest BCUT2D eigenvalue weighted by atomic mass is 35.5. The average Bonchev–Trinajstić information content (AvgIpc) is 2.98. The minimum Gasteiger partial charge on any atom is -0.454 e. The topological polar surface area (TPSA) is 93.1 Å². The molecule has 2 aromatic rings. The second-order valence-corrected chi connectivity index (χ2v) is 10.0. The predicted molar refractivity (Wildman–Crippen MR) is 122 cm³/mol. The maximum atomic E-state index is 12.8. The number of anilines is 1. The molecule has 0 unspecified atom stereocenters. The van der Waals surface area contributed by atoms with E-state index in [0.717, 1.165) is 30.4 Å². The molecule has 2 aliphatic heterocycles. The highest BCUT2D eigenvalue weighted by Gasteiger charge is 2.33. The quantitative estimate of drug-likeness (QED) is 0.479. The number of halogens is 1. The summed E-state index contributed by atoms with van der Waals surface area (Å²) in [5.74, 6) is -0.724. The summed E-state index contributed by atoms with van der Waals surface area (Å²) in [6, 6.07) is 7.90. The number of aryl methyl sites for hydroxylation is 2. The summed E-state index contributed by atoms with van der Waals surface area (Å²) >= 11 is 6.34. The summed E-state index contributed by atoms with van der Waals surface area (Å²) in [5, 5.41) is 0.0630. The Morgan fingerprint density at radius 3 is 2.62 bits per heavy atom. The van der Waals surface area contributed by atoms with E-state index in [9.17, 15) is 18.0 Å². The molecule has 0 bridgehead atoms. The van der Waals surface area contributed by atoms with Crippen molar-refractivity contribution in [3.05, 3.63) is 57.6 Å². The number of fused-ring (bicyclic) bond motifs is 3. The fourth-order valence-corrected chi connectivity index (χ4v) is 5.36. The van der Waals surface area contributed by atoms with Gasteiger partial charge in [-0.25, -0.2) is 4.79 Å². The fourth-order valence-electron chi connectivity index (χ4n) is 3.86. The molecule has 2 aromatic carbocycles. The third kappa shape index (κ3) is 4.29. The normalized spacial score (nSPS) is 17.0. The molecule has 168 valence electrons. The van der Waals surface area contributed by atoms with E-state index in [1.807, 2.05) is 24.8 Å². The molecule has 9 heteroatoms. The highest BCUT2D eigenvalue weighted by molar-refractivity contribution is 7.90. The molecule has 0 amide bonds. The zero-order valence-electron chi connectivity index (χ0n) is 17.9. The van der Waals surface area contributed by atoms with Gasteiger partial charge in [0.05, 0.1) is 16.3 Å². The van der Waals surface area contributed by atoms with Crippen LogP contribution in [-0.2, 0) is 14.8 Å². The molecule has 7 nitrogen and oxygen atoms in total. The predicted octanol–water partition coefficient (Wildman–Crippen LogP) is 4.48. The molecule has 2 heterocycles. The molecule has 1 fully saturated rings. The molecule has 0 saturated carbocycles. The van der Waals surface area contributed by atoms with E-state index in [0.29, 0.717) is 30.1 Å². The maximum Gasteiger partial charge on any atom is 0.340 e. The van der Waals surface area contributed by atoms with Gasteiger partial charge in [0, 0.05) is 18.5 Å². The van der Waals surface area contributed by atoms with Gasteiger partial charge >= 0.3 is 5.97 Å². The molecule has 0 atom stereocenters. The van der Waals surface area contributed by atoms with Crippen LogP contribution in [0, 0.1) is 13.8 Å². The van der Waals surface area contributed by atoms with E-state index in [2.05, 4.69) is 4.40 Å². The van der Waals surface area contributed by atoms with Crippen LogP contribution < -0.4 is 4.90 Å². The van der Waals surface area contributed by atoms with E-state index in [4.69, 9.17) is 16.3 Å². The summed E-state index contributed by atoms with van der Waals surface area (Å²) in [4.78, 5) is 26.8. The SMILES string of the molecule is Cc1ccc(C(=O)COC(=O)c2cc3c(cc2Cl)N2CCCCCC2=NS3(=O)=O)cc1C. The molecule has 4 rings (SSSR count). The van der Waals surface area contributed by atoms with Crippen LogP contribution in [0.15, 0.2) is 39.6 Å². The zero-order chi connectivity index (χ0) is 23.0. The van der Waals surface area contributed by atoms with Crippen LogP contribution in [-0.4, -0.2) is 39.2 Å². The number of ketones is 1. The summed E-state index contributed by atoms with van der Waals surface area (Å²) in [6.45, 7) is 3.99. The van der Waals surface area contributed by atoms with Crippen molar-refractivity contribution in [3.63, 3.8) is 0 Å². The standard InChI is InChI=1S/C23H23ClN2O5S/c1-14-7-8-16(10-15(14)2)20(27)13-31-23(28)17-11-21-19(12-18(17)24)26-9-5-3-4-6-22(26)25-32(21,29)30/h7-8,10-12H,3-6,9,13H2,1-2H3. The lowest BCUT2D eigenvalue weighted by molar-refractivity contribution is 0.0474. The number of ether oxygens (including phenoxy) is 1. The van der Waals surface area contributed by atoms with Crippen molar-refractivity contribution < 1.29 is 22.7 Å². The first-order valence-corrected chi connectivity index (χ1v) is 12.2. The largest absolute Gasteiger partial charge is 0.454 e. The third-order valence-electron chi connectivity index (χ3n) is 5.82. The van der Waals surface area contributed by atoms with E-state index in [-0.39, 0.29) is 21.3 Å². The van der Waals surface area contributed by atoms with Crippen molar-refractivity contribution in [2.24, 2.45) is 4.40 Å². The van der Waals surface area contributed by atoms with Crippen LogP contribution in [0.1, 0.15) is 57.5 Å². The number of benzene rings is 2. The molecule has 0 radical (unpaired) electrons. The monoisotopic (exact) mass is 474 g/mol. The van der Waals surface area contributed by atoms with Gasteiger partial charge in [-0.3, -0.25) is 4.79 Å². The lowest BCUT2D eigenvalue weighted by Gasteiger charge is -2.30. The molecule has 1 saturated heterocycles.